The molecule has 1 amide bonds. The average Bonchev–Trinajstić information content (AvgIpc) is 2.80. The van der Waals surface area contributed by atoms with Gasteiger partial charge in [0.25, 0.3) is 0 Å². The molecule has 1 aromatic heterocycles. The van der Waals surface area contributed by atoms with Gasteiger partial charge in [-0.05, 0) is 68.9 Å². The number of carbonyl (C=O) groups is 2. The zero-order valence-corrected chi connectivity index (χ0v) is 19.2. The van der Waals surface area contributed by atoms with Crippen molar-refractivity contribution in [3.05, 3.63) is 23.9 Å². The van der Waals surface area contributed by atoms with Gasteiger partial charge in [-0.25, -0.2) is 4.98 Å². The highest BCUT2D eigenvalue weighted by molar-refractivity contribution is 5.82. The molecule has 0 radical (unpaired) electrons. The molecule has 5 fully saturated rings. The normalized spacial score (nSPS) is 34.2. The predicted molar refractivity (Wildman–Crippen MR) is 118 cm³/mol. The maximum atomic E-state index is 13.1. The third-order valence-electron chi connectivity index (χ3n) is 8.68. The van der Waals surface area contributed by atoms with Gasteiger partial charge in [0.15, 0.2) is 0 Å². The summed E-state index contributed by atoms with van der Waals surface area (Å²) in [5.74, 6) is 0.743. The zero-order valence-electron chi connectivity index (χ0n) is 19.2. The number of hydrogen-bond donors (Lipinski definition) is 2. The van der Waals surface area contributed by atoms with Gasteiger partial charge < -0.3 is 15.3 Å². The van der Waals surface area contributed by atoms with E-state index in [-0.39, 0.29) is 29.8 Å². The molecule has 1 aromatic rings. The summed E-state index contributed by atoms with van der Waals surface area (Å²) in [4.78, 5) is 33.1. The largest absolute Gasteiger partial charge is 0.481 e. The minimum Gasteiger partial charge on any atom is -0.481 e. The molecule has 10 heteroatoms. The van der Waals surface area contributed by atoms with Crippen LogP contribution in [0.4, 0.5) is 19.0 Å². The van der Waals surface area contributed by atoms with Crippen molar-refractivity contribution in [1.29, 1.82) is 0 Å². The average molecular weight is 481 g/mol. The van der Waals surface area contributed by atoms with Crippen LogP contribution in [0.5, 0.6) is 0 Å². The molecule has 2 unspecified atom stereocenters. The first-order valence-electron chi connectivity index (χ1n) is 12.1. The van der Waals surface area contributed by atoms with E-state index in [2.05, 4.69) is 15.2 Å². The zero-order chi connectivity index (χ0) is 24.3. The molecule has 4 aliphatic carbocycles. The molecule has 7 nitrogen and oxygen atoms in total. The maximum Gasteiger partial charge on any atom is 0.417 e. The van der Waals surface area contributed by atoms with Crippen LogP contribution in [0.2, 0.25) is 0 Å². The van der Waals surface area contributed by atoms with Crippen LogP contribution in [-0.4, -0.2) is 65.1 Å². The molecular formula is C24H31F3N4O3. The van der Waals surface area contributed by atoms with Crippen molar-refractivity contribution in [2.45, 2.75) is 57.3 Å². The SMILES string of the molecule is C[C@H](C(=O)NC1C2CC3CC1CC(C(=O)O)(C3)C2)N1CCN(c2ccc(C(F)(F)F)cn2)CC1. The first-order valence-corrected chi connectivity index (χ1v) is 12.1. The Bertz CT molecular complexity index is 930. The molecule has 34 heavy (non-hydrogen) atoms. The fourth-order valence-corrected chi connectivity index (χ4v) is 7.05. The van der Waals surface area contributed by atoms with Crippen molar-refractivity contribution in [3.8, 4) is 0 Å². The number of carboxylic acid groups (broad SMARTS) is 1. The van der Waals surface area contributed by atoms with Crippen molar-refractivity contribution in [1.82, 2.24) is 15.2 Å². The molecule has 2 heterocycles. The Morgan fingerprint density at radius 3 is 2.29 bits per heavy atom. The van der Waals surface area contributed by atoms with Crippen LogP contribution in [0.3, 0.4) is 0 Å². The second-order valence-corrected chi connectivity index (χ2v) is 10.7. The minimum absolute atomic E-state index is 0.0250. The van der Waals surface area contributed by atoms with Crippen molar-refractivity contribution >= 4 is 17.7 Å². The smallest absolute Gasteiger partial charge is 0.417 e. The second kappa shape index (κ2) is 8.39. The Morgan fingerprint density at radius 2 is 1.76 bits per heavy atom. The van der Waals surface area contributed by atoms with Gasteiger partial charge in [-0.2, -0.15) is 13.2 Å². The molecule has 1 saturated heterocycles. The third kappa shape index (κ3) is 4.14. The summed E-state index contributed by atoms with van der Waals surface area (Å²) < 4.78 is 38.3. The van der Waals surface area contributed by atoms with Gasteiger partial charge >= 0.3 is 12.1 Å². The van der Waals surface area contributed by atoms with E-state index in [9.17, 15) is 27.9 Å². The van der Waals surface area contributed by atoms with Crippen LogP contribution in [0.1, 0.15) is 44.6 Å². The van der Waals surface area contributed by atoms with E-state index in [0.29, 0.717) is 50.8 Å². The van der Waals surface area contributed by atoms with E-state index in [1.807, 2.05) is 11.8 Å². The summed E-state index contributed by atoms with van der Waals surface area (Å²) >= 11 is 0. The van der Waals surface area contributed by atoms with Crippen LogP contribution < -0.4 is 10.2 Å². The van der Waals surface area contributed by atoms with Crippen molar-refractivity contribution in [3.63, 3.8) is 0 Å². The summed E-state index contributed by atoms with van der Waals surface area (Å²) in [6.07, 6.45) is 0.564. The number of hydrogen-bond acceptors (Lipinski definition) is 5. The number of nitrogens with one attached hydrogen (secondary N) is 1. The standard InChI is InChI=1S/C24H31F3N4O3/c1-14(30-4-6-31(7-5-30)19-3-2-18(13-28-19)24(25,26)27)21(32)29-20-16-8-15-9-17(20)12-23(10-15,11-16)22(33)34/h2-3,13-17,20H,4-12H2,1H3,(H,29,32)(H,33,34)/t14-,15?,16?,17?,20?,23?/m1/s1. The molecule has 6 rings (SSSR count). The van der Waals surface area contributed by atoms with E-state index in [4.69, 9.17) is 0 Å². The Balaban J connectivity index is 1.15. The number of rotatable bonds is 5. The Kier molecular flexibility index (Phi) is 5.77. The molecule has 4 saturated carbocycles. The number of carboxylic acids is 1. The molecule has 0 spiro atoms. The summed E-state index contributed by atoms with van der Waals surface area (Å²) in [7, 11) is 0. The Labute approximate surface area is 196 Å². The number of anilines is 1. The summed E-state index contributed by atoms with van der Waals surface area (Å²) in [5.41, 5.74) is -1.36. The van der Waals surface area contributed by atoms with Crippen LogP contribution in [0.15, 0.2) is 18.3 Å². The Hall–Kier alpha value is -2.36. The number of nitrogens with zero attached hydrogens (tertiary/aromatic N) is 3. The van der Waals surface area contributed by atoms with Gasteiger partial charge in [0, 0.05) is 38.4 Å². The van der Waals surface area contributed by atoms with Crippen LogP contribution in [0.25, 0.3) is 0 Å². The molecule has 1 aliphatic heterocycles. The predicted octanol–water partition coefficient (Wildman–Crippen LogP) is 3.01. The molecule has 5 aliphatic rings. The first-order chi connectivity index (χ1) is 16.1. The molecule has 186 valence electrons. The van der Waals surface area contributed by atoms with Gasteiger partial charge in [0.2, 0.25) is 5.91 Å². The van der Waals surface area contributed by atoms with E-state index < -0.39 is 23.1 Å². The number of piperazine rings is 1. The van der Waals surface area contributed by atoms with E-state index >= 15 is 0 Å². The van der Waals surface area contributed by atoms with Gasteiger partial charge in [0.05, 0.1) is 17.0 Å². The van der Waals surface area contributed by atoms with Gasteiger partial charge in [-0.3, -0.25) is 14.5 Å². The highest BCUT2D eigenvalue weighted by Gasteiger charge is 2.59. The van der Waals surface area contributed by atoms with Crippen molar-refractivity contribution < 1.29 is 27.9 Å². The lowest BCUT2D eigenvalue weighted by molar-refractivity contribution is -0.168. The second-order valence-electron chi connectivity index (χ2n) is 10.7. The fourth-order valence-electron chi connectivity index (χ4n) is 7.05. The number of aromatic nitrogens is 1. The maximum absolute atomic E-state index is 13.1. The van der Waals surface area contributed by atoms with Gasteiger partial charge in [-0.1, -0.05) is 0 Å². The number of aliphatic carboxylic acids is 1. The van der Waals surface area contributed by atoms with Gasteiger partial charge in [-0.15, -0.1) is 0 Å². The fraction of sp³-hybridized carbons (Fsp3) is 0.708. The topological polar surface area (TPSA) is 85.8 Å². The molecule has 2 N–H and O–H groups in total. The lowest BCUT2D eigenvalue weighted by Gasteiger charge is -2.58. The lowest BCUT2D eigenvalue weighted by Crippen LogP contribution is -2.63. The molecule has 0 aromatic carbocycles. The highest BCUT2D eigenvalue weighted by atomic mass is 19.4. The van der Waals surface area contributed by atoms with Gasteiger partial charge in [0.1, 0.15) is 5.82 Å². The third-order valence-corrected chi connectivity index (χ3v) is 8.68. The van der Waals surface area contributed by atoms with E-state index in [1.54, 1.807) is 0 Å². The minimum atomic E-state index is -4.40. The number of alkyl halides is 3. The van der Waals surface area contributed by atoms with Crippen molar-refractivity contribution in [2.24, 2.45) is 23.2 Å². The number of halogens is 3. The molecule has 3 atom stereocenters. The summed E-state index contributed by atoms with van der Waals surface area (Å²) in [6.45, 7) is 4.26. The van der Waals surface area contributed by atoms with Crippen LogP contribution >= 0.6 is 0 Å². The van der Waals surface area contributed by atoms with E-state index in [1.165, 1.54) is 6.07 Å². The Morgan fingerprint density at radius 1 is 1.12 bits per heavy atom. The van der Waals surface area contributed by atoms with E-state index in [0.717, 1.165) is 31.5 Å². The molecular weight excluding hydrogens is 449 g/mol. The monoisotopic (exact) mass is 480 g/mol. The summed E-state index contributed by atoms with van der Waals surface area (Å²) in [5, 5.41) is 13.1. The number of pyridine rings is 1. The van der Waals surface area contributed by atoms with Crippen LogP contribution in [-0.2, 0) is 15.8 Å². The van der Waals surface area contributed by atoms with Crippen molar-refractivity contribution in [2.75, 3.05) is 31.1 Å². The quantitative estimate of drug-likeness (QED) is 0.674. The number of amides is 1. The lowest BCUT2D eigenvalue weighted by atomic mass is 9.48. The highest BCUT2D eigenvalue weighted by Crippen LogP contribution is 2.60. The molecule has 4 bridgehead atoms. The number of carbonyl (C=O) groups excluding carboxylic acids is 1. The first kappa shape index (κ1) is 23.4. The summed E-state index contributed by atoms with van der Waals surface area (Å²) in [6, 6.07) is 2.17. The van der Waals surface area contributed by atoms with Crippen LogP contribution in [0, 0.1) is 23.2 Å².